The van der Waals surface area contributed by atoms with Crippen LogP contribution in [0.3, 0.4) is 0 Å². The van der Waals surface area contributed by atoms with Gasteiger partial charge in [-0.2, -0.15) is 0 Å². The number of aryl methyl sites for hydroxylation is 2. The topological polar surface area (TPSA) is 47.5 Å². The van der Waals surface area contributed by atoms with E-state index < -0.39 is 0 Å². The lowest BCUT2D eigenvalue weighted by atomic mass is 10.0. The quantitative estimate of drug-likeness (QED) is 0.636. The second-order valence-corrected chi connectivity index (χ2v) is 8.07. The molecular formula is C21H25N3O2S. The van der Waals surface area contributed by atoms with Crippen molar-refractivity contribution in [3.63, 3.8) is 0 Å². The fraction of sp³-hybridized carbons (Fsp3) is 0.429. The van der Waals surface area contributed by atoms with Crippen molar-refractivity contribution in [2.24, 2.45) is 0 Å². The van der Waals surface area contributed by atoms with Crippen molar-refractivity contribution in [3.05, 3.63) is 41.7 Å². The Balaban J connectivity index is 1.52. The van der Waals surface area contributed by atoms with E-state index in [1.165, 1.54) is 12.8 Å². The summed E-state index contributed by atoms with van der Waals surface area (Å²) in [5, 5.41) is 1.07. The minimum atomic E-state index is 0.336. The summed E-state index contributed by atoms with van der Waals surface area (Å²) in [6.07, 6.45) is 5.37. The van der Waals surface area contributed by atoms with E-state index >= 15 is 0 Å². The number of piperidine rings is 1. The van der Waals surface area contributed by atoms with Gasteiger partial charge in [-0.05, 0) is 62.9 Å². The van der Waals surface area contributed by atoms with Gasteiger partial charge in [0.2, 0.25) is 0 Å². The molecule has 1 aliphatic rings. The highest BCUT2D eigenvalue weighted by molar-refractivity contribution is 7.22. The third kappa shape index (κ3) is 3.86. The highest BCUT2D eigenvalue weighted by atomic mass is 32.1. The van der Waals surface area contributed by atoms with Crippen molar-refractivity contribution in [1.82, 2.24) is 9.97 Å². The van der Waals surface area contributed by atoms with E-state index in [1.807, 2.05) is 25.3 Å². The molecule has 0 aliphatic carbocycles. The van der Waals surface area contributed by atoms with Crippen LogP contribution in [0.4, 0.5) is 5.13 Å². The van der Waals surface area contributed by atoms with E-state index in [4.69, 9.17) is 14.5 Å². The lowest BCUT2D eigenvalue weighted by molar-refractivity contribution is 0.259. The molecule has 4 rings (SSSR count). The molecule has 0 saturated carbocycles. The first kappa shape index (κ1) is 18.0. The van der Waals surface area contributed by atoms with Gasteiger partial charge in [0.15, 0.2) is 5.13 Å². The summed E-state index contributed by atoms with van der Waals surface area (Å²) in [6.45, 7) is 5.77. The van der Waals surface area contributed by atoms with Gasteiger partial charge in [0.05, 0.1) is 29.6 Å². The predicted octanol–water partition coefficient (Wildman–Crippen LogP) is 4.75. The highest BCUT2D eigenvalue weighted by Gasteiger charge is 2.26. The molecule has 0 N–H and O–H groups in total. The molecule has 3 aromatic rings. The molecule has 142 valence electrons. The molecule has 1 unspecified atom stereocenters. The Morgan fingerprint density at radius 3 is 2.89 bits per heavy atom. The molecule has 0 spiro atoms. The summed E-state index contributed by atoms with van der Waals surface area (Å²) in [4.78, 5) is 11.7. The standard InChI is InChI=1S/C21H25N3O2S/c1-14-10-18(12-22-15(14)2)26-13-16-6-4-5-9-24(16)21-23-19-8-7-17(25-3)11-20(19)27-21/h7-8,10-12,16H,4-6,9,13H2,1-3H3. The van der Waals surface area contributed by atoms with Crippen molar-refractivity contribution < 1.29 is 9.47 Å². The largest absolute Gasteiger partial charge is 0.497 e. The van der Waals surface area contributed by atoms with Gasteiger partial charge in [0.25, 0.3) is 0 Å². The Morgan fingerprint density at radius 1 is 1.19 bits per heavy atom. The van der Waals surface area contributed by atoms with E-state index in [1.54, 1.807) is 18.4 Å². The minimum Gasteiger partial charge on any atom is -0.497 e. The summed E-state index contributed by atoms with van der Waals surface area (Å²) in [7, 11) is 1.70. The third-order valence-corrected chi connectivity index (χ3v) is 6.27. The average molecular weight is 384 g/mol. The number of rotatable bonds is 5. The van der Waals surface area contributed by atoms with Crippen LogP contribution in [-0.4, -0.2) is 36.3 Å². The lowest BCUT2D eigenvalue weighted by Crippen LogP contribution is -2.43. The Kier molecular flexibility index (Phi) is 5.16. The average Bonchev–Trinajstić information content (AvgIpc) is 3.12. The number of ether oxygens (including phenoxy) is 2. The SMILES string of the molecule is COc1ccc2nc(N3CCCCC3COc3cnc(C)c(C)c3)sc2c1. The van der Waals surface area contributed by atoms with Gasteiger partial charge in [0.1, 0.15) is 18.1 Å². The van der Waals surface area contributed by atoms with Crippen molar-refractivity contribution >= 4 is 26.7 Å². The zero-order valence-corrected chi connectivity index (χ0v) is 16.9. The fourth-order valence-corrected chi connectivity index (χ4v) is 4.55. The van der Waals surface area contributed by atoms with Crippen molar-refractivity contribution in [2.45, 2.75) is 39.2 Å². The van der Waals surface area contributed by atoms with Crippen molar-refractivity contribution in [2.75, 3.05) is 25.2 Å². The van der Waals surface area contributed by atoms with Gasteiger partial charge in [0, 0.05) is 12.2 Å². The van der Waals surface area contributed by atoms with Crippen LogP contribution in [0.5, 0.6) is 11.5 Å². The Bertz CT molecular complexity index is 940. The number of fused-ring (bicyclic) bond motifs is 1. The van der Waals surface area contributed by atoms with Crippen LogP contribution in [0, 0.1) is 13.8 Å². The predicted molar refractivity (Wildman–Crippen MR) is 110 cm³/mol. The first-order chi connectivity index (χ1) is 13.1. The summed E-state index contributed by atoms with van der Waals surface area (Å²) < 4.78 is 12.6. The maximum atomic E-state index is 6.10. The molecular weight excluding hydrogens is 358 g/mol. The fourth-order valence-electron chi connectivity index (χ4n) is 3.46. The van der Waals surface area contributed by atoms with E-state index in [-0.39, 0.29) is 0 Å². The van der Waals surface area contributed by atoms with E-state index in [0.29, 0.717) is 12.6 Å². The zero-order chi connectivity index (χ0) is 18.8. The molecule has 1 aliphatic heterocycles. The monoisotopic (exact) mass is 383 g/mol. The Labute approximate surface area is 164 Å². The van der Waals surface area contributed by atoms with Gasteiger partial charge in [-0.15, -0.1) is 0 Å². The molecule has 3 heterocycles. The summed E-state index contributed by atoms with van der Waals surface area (Å²) in [6, 6.07) is 8.47. The van der Waals surface area contributed by atoms with Crippen LogP contribution in [-0.2, 0) is 0 Å². The third-order valence-electron chi connectivity index (χ3n) is 5.21. The second-order valence-electron chi connectivity index (χ2n) is 7.06. The van der Waals surface area contributed by atoms with Gasteiger partial charge in [-0.3, -0.25) is 4.98 Å². The first-order valence-corrected chi connectivity index (χ1v) is 10.2. The molecule has 5 nitrogen and oxygen atoms in total. The number of nitrogens with zero attached hydrogens (tertiary/aromatic N) is 3. The second kappa shape index (κ2) is 7.72. The number of anilines is 1. The normalized spacial score (nSPS) is 17.3. The van der Waals surface area contributed by atoms with E-state index in [2.05, 4.69) is 28.9 Å². The molecule has 1 saturated heterocycles. The van der Waals surface area contributed by atoms with Crippen molar-refractivity contribution in [1.29, 1.82) is 0 Å². The highest BCUT2D eigenvalue weighted by Crippen LogP contribution is 2.34. The Hall–Kier alpha value is -2.34. The van der Waals surface area contributed by atoms with Crippen LogP contribution < -0.4 is 14.4 Å². The van der Waals surface area contributed by atoms with Gasteiger partial charge in [-0.25, -0.2) is 4.98 Å². The molecule has 0 amide bonds. The number of pyridine rings is 1. The number of methoxy groups -OCH3 is 1. The van der Waals surface area contributed by atoms with Gasteiger partial charge < -0.3 is 14.4 Å². The first-order valence-electron chi connectivity index (χ1n) is 9.41. The summed E-state index contributed by atoms with van der Waals surface area (Å²) >= 11 is 1.73. The van der Waals surface area contributed by atoms with Crippen LogP contribution >= 0.6 is 11.3 Å². The minimum absolute atomic E-state index is 0.336. The van der Waals surface area contributed by atoms with Crippen LogP contribution in [0.15, 0.2) is 30.5 Å². The number of aromatic nitrogens is 2. The molecule has 1 aromatic carbocycles. The number of thiazole rings is 1. The van der Waals surface area contributed by atoms with E-state index in [0.717, 1.165) is 51.1 Å². The molecule has 1 fully saturated rings. The maximum absolute atomic E-state index is 6.10. The van der Waals surface area contributed by atoms with Crippen molar-refractivity contribution in [3.8, 4) is 11.5 Å². The van der Waals surface area contributed by atoms with Crippen LogP contribution in [0.1, 0.15) is 30.5 Å². The number of hydrogen-bond acceptors (Lipinski definition) is 6. The number of benzene rings is 1. The molecule has 2 aromatic heterocycles. The molecule has 0 bridgehead atoms. The Morgan fingerprint density at radius 2 is 2.07 bits per heavy atom. The smallest absolute Gasteiger partial charge is 0.186 e. The zero-order valence-electron chi connectivity index (χ0n) is 16.1. The summed E-state index contributed by atoms with van der Waals surface area (Å²) in [5.74, 6) is 1.72. The molecule has 6 heteroatoms. The van der Waals surface area contributed by atoms with Crippen LogP contribution in [0.25, 0.3) is 10.2 Å². The summed E-state index contributed by atoms with van der Waals surface area (Å²) in [5.41, 5.74) is 3.24. The maximum Gasteiger partial charge on any atom is 0.186 e. The van der Waals surface area contributed by atoms with Crippen LogP contribution in [0.2, 0.25) is 0 Å². The molecule has 1 atom stereocenters. The lowest BCUT2D eigenvalue weighted by Gasteiger charge is -2.35. The van der Waals surface area contributed by atoms with E-state index in [9.17, 15) is 0 Å². The number of hydrogen-bond donors (Lipinski definition) is 0. The van der Waals surface area contributed by atoms with Gasteiger partial charge >= 0.3 is 0 Å². The van der Waals surface area contributed by atoms with Gasteiger partial charge in [-0.1, -0.05) is 11.3 Å². The molecule has 0 radical (unpaired) electrons. The molecule has 27 heavy (non-hydrogen) atoms.